The lowest BCUT2D eigenvalue weighted by atomic mass is 9.68. The average molecular weight is 765 g/mol. The second-order valence-corrected chi connectivity index (χ2v) is 17.5. The number of hydrogen-bond donors (Lipinski definition) is 4. The number of likely N-dealkylation sites (N-methyl/N-ethyl adjacent to an activating group) is 1. The normalized spacial score (nSPS) is 27.4. The molecule has 2 aliphatic carbocycles. The molecule has 0 bridgehead atoms. The molecule has 8 atom stereocenters. The van der Waals surface area contributed by atoms with E-state index in [1.54, 1.807) is 11.1 Å². The lowest BCUT2D eigenvalue weighted by Gasteiger charge is -2.50. The van der Waals surface area contributed by atoms with Gasteiger partial charge in [0.05, 0.1) is 29.6 Å². The highest BCUT2D eigenvalue weighted by Crippen LogP contribution is 2.40. The molecule has 3 fully saturated rings. The van der Waals surface area contributed by atoms with Gasteiger partial charge >= 0.3 is 18.2 Å². The van der Waals surface area contributed by atoms with Gasteiger partial charge in [-0.1, -0.05) is 19.8 Å². The van der Waals surface area contributed by atoms with Crippen molar-refractivity contribution in [2.24, 2.45) is 23.5 Å². The molecule has 2 aromatic heterocycles. The molecular formula is C39H60N10O6. The molecule has 3 aliphatic rings. The summed E-state index contributed by atoms with van der Waals surface area (Å²) in [6.45, 7) is 14.0. The summed E-state index contributed by atoms with van der Waals surface area (Å²) < 4.78 is 12.5. The Morgan fingerprint density at radius 1 is 0.927 bits per heavy atom. The Balaban J connectivity index is 1.36. The van der Waals surface area contributed by atoms with Gasteiger partial charge in [-0.05, 0) is 97.5 Å². The molecule has 1 aliphatic heterocycles. The molecule has 2 saturated carbocycles. The number of likely N-dealkylation sites (tertiary alicyclic amines) is 1. The summed E-state index contributed by atoms with van der Waals surface area (Å²) in [7, 11) is 1.94. The summed E-state index contributed by atoms with van der Waals surface area (Å²) in [6.07, 6.45) is 7.33. The molecular weight excluding hydrogens is 704 g/mol. The fourth-order valence-electron chi connectivity index (χ4n) is 8.55. The first-order chi connectivity index (χ1) is 25.8. The van der Waals surface area contributed by atoms with Crippen LogP contribution in [0.1, 0.15) is 99.8 Å². The summed E-state index contributed by atoms with van der Waals surface area (Å²) in [6, 6.07) is 2.20. The number of nitrogens with two attached hydrogens (primary N) is 1. The van der Waals surface area contributed by atoms with Gasteiger partial charge in [0.25, 0.3) is 0 Å². The lowest BCUT2D eigenvalue weighted by molar-refractivity contribution is -0.134. The Morgan fingerprint density at radius 2 is 1.55 bits per heavy atom. The minimum Gasteiger partial charge on any atom is -0.444 e. The van der Waals surface area contributed by atoms with E-state index in [2.05, 4.69) is 37.7 Å². The van der Waals surface area contributed by atoms with Crippen LogP contribution in [-0.2, 0) is 14.3 Å². The quantitative estimate of drug-likeness (QED) is 0.305. The molecule has 5 rings (SSSR count). The van der Waals surface area contributed by atoms with Crippen LogP contribution in [0.25, 0.3) is 11.0 Å². The second-order valence-electron chi connectivity index (χ2n) is 17.5. The zero-order valence-electron chi connectivity index (χ0n) is 33.6. The first-order valence-corrected chi connectivity index (χ1v) is 19.6. The van der Waals surface area contributed by atoms with Crippen LogP contribution in [0.2, 0.25) is 0 Å². The third-order valence-electron chi connectivity index (χ3n) is 11.2. The third kappa shape index (κ3) is 10.4. The first kappa shape index (κ1) is 41.5. The number of piperidine rings is 1. The van der Waals surface area contributed by atoms with Gasteiger partial charge in [0.1, 0.15) is 29.8 Å². The van der Waals surface area contributed by atoms with Crippen LogP contribution in [0.4, 0.5) is 20.2 Å². The maximum atomic E-state index is 13.8. The van der Waals surface area contributed by atoms with Crippen LogP contribution < -0.4 is 26.6 Å². The van der Waals surface area contributed by atoms with Crippen LogP contribution in [0.15, 0.2) is 18.6 Å². The number of hydrogen-bond acceptors (Lipinski definition) is 11. The second kappa shape index (κ2) is 17.0. The van der Waals surface area contributed by atoms with E-state index in [1.807, 2.05) is 60.7 Å². The van der Waals surface area contributed by atoms with Gasteiger partial charge in [0, 0.05) is 38.4 Å². The van der Waals surface area contributed by atoms with Gasteiger partial charge in [-0.2, -0.15) is 5.26 Å². The number of nitrogens with one attached hydrogen (secondary N) is 3. The average Bonchev–Trinajstić information content (AvgIpc) is 3.53. The van der Waals surface area contributed by atoms with Crippen molar-refractivity contribution in [3.63, 3.8) is 0 Å². The fourth-order valence-corrected chi connectivity index (χ4v) is 8.55. The summed E-state index contributed by atoms with van der Waals surface area (Å²) in [5.41, 5.74) is 5.66. The smallest absolute Gasteiger partial charge is 0.407 e. The Kier molecular flexibility index (Phi) is 12.8. The summed E-state index contributed by atoms with van der Waals surface area (Å²) in [4.78, 5) is 65.5. The predicted molar refractivity (Wildman–Crippen MR) is 207 cm³/mol. The topological polar surface area (TPSA) is 210 Å². The van der Waals surface area contributed by atoms with Crippen molar-refractivity contribution in [1.82, 2.24) is 35.4 Å². The van der Waals surface area contributed by atoms with E-state index >= 15 is 0 Å². The molecule has 16 nitrogen and oxygen atoms in total. The van der Waals surface area contributed by atoms with E-state index in [0.29, 0.717) is 49.2 Å². The van der Waals surface area contributed by atoms with Crippen molar-refractivity contribution >= 4 is 41.0 Å². The highest BCUT2D eigenvalue weighted by Gasteiger charge is 2.44. The van der Waals surface area contributed by atoms with Crippen molar-refractivity contribution in [2.75, 3.05) is 25.0 Å². The van der Waals surface area contributed by atoms with Gasteiger partial charge in [-0.25, -0.2) is 24.4 Å². The van der Waals surface area contributed by atoms with E-state index < -0.39 is 23.4 Å². The zero-order valence-corrected chi connectivity index (χ0v) is 33.6. The van der Waals surface area contributed by atoms with Gasteiger partial charge < -0.3 is 41.0 Å². The first-order valence-electron chi connectivity index (χ1n) is 19.6. The molecule has 6 unspecified atom stereocenters. The molecule has 55 heavy (non-hydrogen) atoms. The molecule has 3 heterocycles. The highest BCUT2D eigenvalue weighted by atomic mass is 16.6. The Bertz CT molecular complexity index is 1740. The lowest BCUT2D eigenvalue weighted by Crippen LogP contribution is -2.59. The van der Waals surface area contributed by atoms with E-state index in [0.717, 1.165) is 25.7 Å². The Morgan fingerprint density at radius 3 is 2.16 bits per heavy atom. The van der Waals surface area contributed by atoms with Crippen molar-refractivity contribution in [3.05, 3.63) is 18.6 Å². The number of anilines is 1. The highest BCUT2D eigenvalue weighted by molar-refractivity contribution is 5.95. The molecule has 302 valence electrons. The molecule has 5 N–H and O–H groups in total. The number of amides is 4. The number of carbonyl (C=O) groups is 4. The van der Waals surface area contributed by atoms with Crippen LogP contribution in [0, 0.1) is 29.1 Å². The fraction of sp³-hybridized carbons (Fsp3) is 0.718. The maximum Gasteiger partial charge on any atom is 0.407 e. The zero-order chi connectivity index (χ0) is 40.2. The van der Waals surface area contributed by atoms with Crippen molar-refractivity contribution in [2.45, 2.75) is 141 Å². The minimum atomic E-state index is -0.643. The number of rotatable bonds is 7. The third-order valence-corrected chi connectivity index (χ3v) is 11.2. The van der Waals surface area contributed by atoms with Gasteiger partial charge in [-0.3, -0.25) is 9.36 Å². The van der Waals surface area contributed by atoms with Crippen LogP contribution in [0.5, 0.6) is 0 Å². The molecule has 0 radical (unpaired) electrons. The number of alkyl carbamates (subject to hydrolysis) is 2. The molecule has 2 aromatic rings. The Hall–Kier alpha value is -4.65. The van der Waals surface area contributed by atoms with E-state index in [9.17, 15) is 24.4 Å². The van der Waals surface area contributed by atoms with Gasteiger partial charge in [0.2, 0.25) is 5.91 Å². The molecule has 4 amide bonds. The summed E-state index contributed by atoms with van der Waals surface area (Å²) in [5.74, 6) is 0.649. The SMILES string of the molecule is C[C@@H]1C(C2CCC(N)C(NC(=O)OC(C)(C)C)C2)CN(C(=O)CC#N)C[C@@H]1N(C)c1ncnc2c1ccn2C(=O)NC1CCCCC1NC(=O)OC(C)(C)C. The van der Waals surface area contributed by atoms with Crippen LogP contribution >= 0.6 is 0 Å². The minimum absolute atomic E-state index is 0.0460. The van der Waals surface area contributed by atoms with Gasteiger partial charge in [0.15, 0.2) is 5.65 Å². The largest absolute Gasteiger partial charge is 0.444 e. The number of fused-ring (bicyclic) bond motifs is 1. The molecule has 0 spiro atoms. The Labute approximate surface area is 324 Å². The van der Waals surface area contributed by atoms with Crippen molar-refractivity contribution in [3.8, 4) is 6.07 Å². The summed E-state index contributed by atoms with van der Waals surface area (Å²) in [5, 5.41) is 19.2. The standard InChI is InChI=1S/C39H60N10O6/c1-23-26(24-13-14-27(41)30(19-24)46-37(53)55-39(5,6)7)20-48(32(50)15-17-40)21-31(23)47(8)33-25-16-18-49(34(25)43-22-42-33)35(51)44-28-11-9-10-12-29(28)45-36(52)54-38(2,3)4/h16,18,22-24,26-31H,9-15,19-21,41H2,1-8H3,(H,44,51)(H,45,52)(H,46,53)/t23-,24?,26?,27?,28?,29?,30?,31+/m1/s1. The number of aromatic nitrogens is 3. The van der Waals surface area contributed by atoms with Crippen molar-refractivity contribution < 1.29 is 28.7 Å². The number of ether oxygens (including phenoxy) is 2. The number of carbonyl (C=O) groups excluding carboxylic acids is 4. The number of nitriles is 1. The van der Waals surface area contributed by atoms with E-state index in [1.165, 1.54) is 10.9 Å². The van der Waals surface area contributed by atoms with E-state index in [4.69, 9.17) is 15.2 Å². The molecule has 16 heteroatoms. The summed E-state index contributed by atoms with van der Waals surface area (Å²) >= 11 is 0. The molecule has 1 saturated heterocycles. The van der Waals surface area contributed by atoms with E-state index in [-0.39, 0.29) is 66.3 Å². The monoisotopic (exact) mass is 764 g/mol. The maximum absolute atomic E-state index is 13.8. The van der Waals surface area contributed by atoms with Crippen molar-refractivity contribution in [1.29, 1.82) is 5.26 Å². The predicted octanol–water partition coefficient (Wildman–Crippen LogP) is 4.66. The number of nitrogens with zero attached hydrogens (tertiary/aromatic N) is 6. The van der Waals surface area contributed by atoms with Gasteiger partial charge in [-0.15, -0.1) is 0 Å². The van der Waals surface area contributed by atoms with Crippen LogP contribution in [-0.4, -0.2) is 105 Å². The molecule has 0 aromatic carbocycles. The van der Waals surface area contributed by atoms with Crippen LogP contribution in [0.3, 0.4) is 0 Å².